The highest BCUT2D eigenvalue weighted by molar-refractivity contribution is 5.50. The Morgan fingerprint density at radius 1 is 1.88 bits per heavy atom. The Hall–Kier alpha value is -0.410. The average Bonchev–Trinajstić information content (AvgIpc) is 1.67. The van der Waals surface area contributed by atoms with Gasteiger partial charge >= 0.3 is 0 Å². The van der Waals surface area contributed by atoms with E-state index in [9.17, 15) is 4.79 Å². The molecule has 0 aliphatic carbocycles. The van der Waals surface area contributed by atoms with Gasteiger partial charge in [0.1, 0.15) is 6.29 Å². The molecule has 0 fully saturated rings. The maximum atomic E-state index is 9.74. The van der Waals surface area contributed by atoms with Crippen LogP contribution in [-0.2, 0) is 9.53 Å². The molecule has 0 heterocycles. The monoisotopic (exact) mass is 118 g/mol. The first kappa shape index (κ1) is 7.59. The second-order valence-electron chi connectivity index (χ2n) is 1.75. The molecule has 0 amide bonds. The normalized spacial score (nSPS) is 17.4. The highest BCUT2D eigenvalue weighted by atomic mass is 16.6. The minimum Gasteiger partial charge on any atom is -0.365 e. The van der Waals surface area contributed by atoms with Crippen LogP contribution >= 0.6 is 0 Å². The Kier molecular flexibility index (Phi) is 2.65. The van der Waals surface area contributed by atoms with Crippen molar-refractivity contribution in [2.24, 2.45) is 0 Å². The maximum Gasteiger partial charge on any atom is 0.168 e. The number of carbonyl (C=O) groups excluding carboxylic acids is 1. The van der Waals surface area contributed by atoms with Crippen LogP contribution in [0.25, 0.3) is 0 Å². The molecule has 3 nitrogen and oxygen atoms in total. The van der Waals surface area contributed by atoms with E-state index in [2.05, 4.69) is 4.74 Å². The lowest BCUT2D eigenvalue weighted by atomic mass is 10.2. The minimum absolute atomic E-state index is 0.0174. The molecule has 1 N–H and O–H groups in total. The standard InChI is InChI=1S/C5H10O3/c1-5(7,8-2)3-4-6/h4,7H,3H2,1-2H3. The zero-order valence-corrected chi connectivity index (χ0v) is 5.05. The van der Waals surface area contributed by atoms with Crippen LogP contribution in [0.15, 0.2) is 0 Å². The van der Waals surface area contributed by atoms with Crippen LogP contribution in [0, 0.1) is 0 Å². The van der Waals surface area contributed by atoms with Gasteiger partial charge in [-0.25, -0.2) is 0 Å². The Labute approximate surface area is 48.3 Å². The van der Waals surface area contributed by atoms with E-state index in [1.807, 2.05) is 0 Å². The second-order valence-corrected chi connectivity index (χ2v) is 1.75. The molecule has 0 saturated heterocycles. The fourth-order valence-electron chi connectivity index (χ4n) is 0.238. The van der Waals surface area contributed by atoms with Crippen molar-refractivity contribution >= 4 is 6.29 Å². The van der Waals surface area contributed by atoms with E-state index >= 15 is 0 Å². The number of aldehydes is 1. The average molecular weight is 118 g/mol. The highest BCUT2D eigenvalue weighted by Crippen LogP contribution is 2.05. The second kappa shape index (κ2) is 2.79. The van der Waals surface area contributed by atoms with Gasteiger partial charge in [-0.05, 0) is 6.92 Å². The van der Waals surface area contributed by atoms with E-state index < -0.39 is 5.79 Å². The smallest absolute Gasteiger partial charge is 0.168 e. The predicted octanol–water partition coefficient (Wildman–Crippen LogP) is -0.0697. The highest BCUT2D eigenvalue weighted by Gasteiger charge is 2.16. The Morgan fingerprint density at radius 3 is 2.50 bits per heavy atom. The molecule has 0 aromatic heterocycles. The number of methoxy groups -OCH3 is 1. The van der Waals surface area contributed by atoms with Crippen molar-refractivity contribution in [3.63, 3.8) is 0 Å². The van der Waals surface area contributed by atoms with Gasteiger partial charge in [0.05, 0.1) is 6.42 Å². The summed E-state index contributed by atoms with van der Waals surface area (Å²) >= 11 is 0. The van der Waals surface area contributed by atoms with Gasteiger partial charge in [0, 0.05) is 7.11 Å². The molecule has 0 spiro atoms. The van der Waals surface area contributed by atoms with Crippen molar-refractivity contribution < 1.29 is 14.6 Å². The first-order valence-corrected chi connectivity index (χ1v) is 2.33. The maximum absolute atomic E-state index is 9.74. The third kappa shape index (κ3) is 2.71. The van der Waals surface area contributed by atoms with Crippen molar-refractivity contribution in [2.45, 2.75) is 19.1 Å². The molecule has 0 aliphatic heterocycles. The molecule has 8 heavy (non-hydrogen) atoms. The quantitative estimate of drug-likeness (QED) is 0.417. The fraction of sp³-hybridized carbons (Fsp3) is 0.800. The number of ether oxygens (including phenoxy) is 1. The summed E-state index contributed by atoms with van der Waals surface area (Å²) < 4.78 is 4.50. The third-order valence-electron chi connectivity index (χ3n) is 0.902. The summed E-state index contributed by atoms with van der Waals surface area (Å²) in [6.07, 6.45) is 0.632. The first-order chi connectivity index (χ1) is 3.62. The van der Waals surface area contributed by atoms with Gasteiger partial charge in [-0.2, -0.15) is 0 Å². The third-order valence-corrected chi connectivity index (χ3v) is 0.902. The fourth-order valence-corrected chi connectivity index (χ4v) is 0.238. The van der Waals surface area contributed by atoms with Gasteiger partial charge in [-0.3, -0.25) is 0 Å². The van der Waals surface area contributed by atoms with Gasteiger partial charge in [0.15, 0.2) is 5.79 Å². The van der Waals surface area contributed by atoms with Crippen LogP contribution in [0.1, 0.15) is 13.3 Å². The molecule has 3 heteroatoms. The van der Waals surface area contributed by atoms with E-state index in [1.54, 1.807) is 0 Å². The summed E-state index contributed by atoms with van der Waals surface area (Å²) in [5.74, 6) is -1.28. The molecular formula is C5H10O3. The molecule has 0 saturated carbocycles. The molecular weight excluding hydrogens is 108 g/mol. The summed E-state index contributed by atoms with van der Waals surface area (Å²) in [5, 5.41) is 8.87. The Bertz CT molecular complexity index is 77.7. The van der Waals surface area contributed by atoms with E-state index in [4.69, 9.17) is 5.11 Å². The molecule has 0 radical (unpaired) electrons. The first-order valence-electron chi connectivity index (χ1n) is 2.33. The van der Waals surface area contributed by atoms with E-state index in [-0.39, 0.29) is 6.42 Å². The number of carbonyl (C=O) groups is 1. The minimum atomic E-state index is -1.28. The van der Waals surface area contributed by atoms with E-state index in [0.29, 0.717) is 6.29 Å². The SMILES string of the molecule is COC(C)(O)CC=O. The lowest BCUT2D eigenvalue weighted by Gasteiger charge is -2.16. The zero-order chi connectivity index (χ0) is 6.62. The van der Waals surface area contributed by atoms with Crippen molar-refractivity contribution in [1.29, 1.82) is 0 Å². The summed E-state index contributed by atoms with van der Waals surface area (Å²) in [7, 11) is 1.35. The molecule has 0 aromatic rings. The summed E-state index contributed by atoms with van der Waals surface area (Å²) in [5.41, 5.74) is 0. The molecule has 1 atom stereocenters. The summed E-state index contributed by atoms with van der Waals surface area (Å²) in [4.78, 5) is 9.74. The number of hydrogen-bond acceptors (Lipinski definition) is 3. The van der Waals surface area contributed by atoms with Gasteiger partial charge in [0.2, 0.25) is 0 Å². The van der Waals surface area contributed by atoms with Crippen molar-refractivity contribution in [2.75, 3.05) is 7.11 Å². The van der Waals surface area contributed by atoms with Crippen LogP contribution < -0.4 is 0 Å². The van der Waals surface area contributed by atoms with Crippen LogP contribution in [0.4, 0.5) is 0 Å². The Balaban J connectivity index is 3.53. The lowest BCUT2D eigenvalue weighted by Crippen LogP contribution is -2.26. The van der Waals surface area contributed by atoms with Gasteiger partial charge in [-0.1, -0.05) is 0 Å². The molecule has 48 valence electrons. The number of aliphatic hydroxyl groups is 1. The molecule has 0 rings (SSSR count). The van der Waals surface area contributed by atoms with Crippen LogP contribution in [-0.4, -0.2) is 24.3 Å². The predicted molar refractivity (Wildman–Crippen MR) is 28.3 cm³/mol. The van der Waals surface area contributed by atoms with Crippen LogP contribution in [0.3, 0.4) is 0 Å². The lowest BCUT2D eigenvalue weighted by molar-refractivity contribution is -0.174. The number of hydrogen-bond donors (Lipinski definition) is 1. The molecule has 0 bridgehead atoms. The van der Waals surface area contributed by atoms with Crippen molar-refractivity contribution in [1.82, 2.24) is 0 Å². The zero-order valence-electron chi connectivity index (χ0n) is 5.05. The van der Waals surface area contributed by atoms with Gasteiger partial charge < -0.3 is 14.6 Å². The number of rotatable bonds is 3. The van der Waals surface area contributed by atoms with Crippen LogP contribution in [0.5, 0.6) is 0 Å². The molecule has 1 unspecified atom stereocenters. The van der Waals surface area contributed by atoms with Gasteiger partial charge in [0.25, 0.3) is 0 Å². The van der Waals surface area contributed by atoms with E-state index in [1.165, 1.54) is 14.0 Å². The van der Waals surface area contributed by atoms with Crippen molar-refractivity contribution in [3.05, 3.63) is 0 Å². The Morgan fingerprint density at radius 2 is 2.38 bits per heavy atom. The van der Waals surface area contributed by atoms with Crippen LogP contribution in [0.2, 0.25) is 0 Å². The largest absolute Gasteiger partial charge is 0.365 e. The van der Waals surface area contributed by atoms with E-state index in [0.717, 1.165) is 0 Å². The van der Waals surface area contributed by atoms with Gasteiger partial charge in [-0.15, -0.1) is 0 Å². The molecule has 0 aliphatic rings. The molecule has 0 aromatic carbocycles. The topological polar surface area (TPSA) is 46.5 Å². The summed E-state index contributed by atoms with van der Waals surface area (Å²) in [6.45, 7) is 1.43. The van der Waals surface area contributed by atoms with Crippen molar-refractivity contribution in [3.8, 4) is 0 Å². The summed E-state index contributed by atoms with van der Waals surface area (Å²) in [6, 6.07) is 0.